The summed E-state index contributed by atoms with van der Waals surface area (Å²) in [7, 11) is 0. The van der Waals surface area contributed by atoms with Crippen molar-refractivity contribution in [1.29, 1.82) is 0 Å². The second-order valence-corrected chi connectivity index (χ2v) is 9.84. The summed E-state index contributed by atoms with van der Waals surface area (Å²) in [5.41, 5.74) is 2.10. The SMILES string of the molecule is O=C(Cc1cccc(-c2ccc(C(=O)N3CCN(C(=O)C4(O)CC4)CC3)c(Cl)c2)c1)C1CC1. The highest BCUT2D eigenvalue weighted by Crippen LogP contribution is 2.37. The van der Waals surface area contributed by atoms with E-state index in [2.05, 4.69) is 0 Å². The molecule has 1 saturated heterocycles. The number of piperazine rings is 1. The minimum absolute atomic E-state index is 0.160. The maximum absolute atomic E-state index is 13.1. The van der Waals surface area contributed by atoms with Gasteiger partial charge >= 0.3 is 0 Å². The van der Waals surface area contributed by atoms with Crippen LogP contribution in [0.2, 0.25) is 5.02 Å². The van der Waals surface area contributed by atoms with Crippen LogP contribution in [0.5, 0.6) is 0 Å². The molecule has 172 valence electrons. The van der Waals surface area contributed by atoms with Crippen molar-refractivity contribution in [2.75, 3.05) is 26.2 Å². The van der Waals surface area contributed by atoms with Crippen molar-refractivity contribution < 1.29 is 19.5 Å². The lowest BCUT2D eigenvalue weighted by Gasteiger charge is -2.36. The smallest absolute Gasteiger partial charge is 0.255 e. The number of hydrogen-bond acceptors (Lipinski definition) is 4. The summed E-state index contributed by atoms with van der Waals surface area (Å²) < 4.78 is 0. The fourth-order valence-electron chi connectivity index (χ4n) is 4.39. The summed E-state index contributed by atoms with van der Waals surface area (Å²) >= 11 is 6.52. The first kappa shape index (κ1) is 22.1. The van der Waals surface area contributed by atoms with Gasteiger partial charge in [0.1, 0.15) is 11.4 Å². The van der Waals surface area contributed by atoms with E-state index < -0.39 is 5.60 Å². The topological polar surface area (TPSA) is 77.9 Å². The van der Waals surface area contributed by atoms with Crippen LogP contribution in [-0.2, 0) is 16.0 Å². The van der Waals surface area contributed by atoms with E-state index in [9.17, 15) is 19.5 Å². The third-order valence-electron chi connectivity index (χ3n) is 6.85. The van der Waals surface area contributed by atoms with E-state index in [1.54, 1.807) is 21.9 Å². The van der Waals surface area contributed by atoms with Gasteiger partial charge in [0, 0.05) is 38.5 Å². The number of aliphatic hydroxyl groups is 1. The molecule has 2 aromatic rings. The number of hydrogen-bond donors (Lipinski definition) is 1. The molecular weight excluding hydrogens is 440 g/mol. The highest BCUT2D eigenvalue weighted by atomic mass is 35.5. The number of halogens is 1. The number of benzene rings is 2. The fraction of sp³-hybridized carbons (Fsp3) is 0.423. The second kappa shape index (κ2) is 8.58. The fourth-order valence-corrected chi connectivity index (χ4v) is 4.65. The molecule has 33 heavy (non-hydrogen) atoms. The molecule has 0 aromatic heterocycles. The van der Waals surface area contributed by atoms with E-state index in [4.69, 9.17) is 11.6 Å². The Kier molecular flexibility index (Phi) is 5.75. The van der Waals surface area contributed by atoms with Gasteiger partial charge in [-0.25, -0.2) is 0 Å². The lowest BCUT2D eigenvalue weighted by Crippen LogP contribution is -2.53. The Morgan fingerprint density at radius 3 is 2.24 bits per heavy atom. The van der Waals surface area contributed by atoms with Crippen molar-refractivity contribution in [2.24, 2.45) is 5.92 Å². The molecule has 6 nitrogen and oxygen atoms in total. The third kappa shape index (κ3) is 4.68. The van der Waals surface area contributed by atoms with Gasteiger partial charge in [0.2, 0.25) is 0 Å². The molecule has 5 rings (SSSR count). The number of amides is 2. The van der Waals surface area contributed by atoms with E-state index >= 15 is 0 Å². The Labute approximate surface area is 198 Å². The van der Waals surface area contributed by atoms with Gasteiger partial charge in [-0.05, 0) is 54.5 Å². The minimum atomic E-state index is -1.17. The number of rotatable bonds is 6. The highest BCUT2D eigenvalue weighted by Gasteiger charge is 2.50. The Hall–Kier alpha value is -2.70. The first-order valence-electron chi connectivity index (χ1n) is 11.6. The molecule has 3 aliphatic rings. The van der Waals surface area contributed by atoms with Gasteiger partial charge in [0.25, 0.3) is 11.8 Å². The standard InChI is InChI=1S/C26H27ClN2O4/c27-22-16-20(19-3-1-2-17(14-19)15-23(30)18-4-5-18)6-7-21(22)24(31)28-10-12-29(13-11-28)25(32)26(33)8-9-26/h1-3,6-7,14,16,18,33H,4-5,8-13,15H2. The molecule has 3 fully saturated rings. The Bertz CT molecular complexity index is 1120. The maximum Gasteiger partial charge on any atom is 0.255 e. The number of carbonyl (C=O) groups excluding carboxylic acids is 3. The Morgan fingerprint density at radius 2 is 1.61 bits per heavy atom. The van der Waals surface area contributed by atoms with Crippen LogP contribution < -0.4 is 0 Å². The van der Waals surface area contributed by atoms with Gasteiger partial charge in [-0.3, -0.25) is 14.4 Å². The molecule has 2 amide bonds. The molecule has 2 aliphatic carbocycles. The Morgan fingerprint density at radius 1 is 0.939 bits per heavy atom. The van der Waals surface area contributed by atoms with Crippen molar-refractivity contribution in [3.05, 3.63) is 58.6 Å². The van der Waals surface area contributed by atoms with E-state index in [0.29, 0.717) is 61.8 Å². The van der Waals surface area contributed by atoms with Crippen molar-refractivity contribution in [2.45, 2.75) is 37.7 Å². The second-order valence-electron chi connectivity index (χ2n) is 9.43. The zero-order valence-electron chi connectivity index (χ0n) is 18.4. The van der Waals surface area contributed by atoms with Crippen LogP contribution in [-0.4, -0.2) is 64.3 Å². The minimum Gasteiger partial charge on any atom is -0.380 e. The van der Waals surface area contributed by atoms with Crippen LogP contribution >= 0.6 is 11.6 Å². The van der Waals surface area contributed by atoms with Crippen LogP contribution in [0.15, 0.2) is 42.5 Å². The van der Waals surface area contributed by atoms with Crippen LogP contribution in [0.1, 0.15) is 41.6 Å². The van der Waals surface area contributed by atoms with Gasteiger partial charge in [-0.15, -0.1) is 0 Å². The lowest BCUT2D eigenvalue weighted by atomic mass is 9.98. The van der Waals surface area contributed by atoms with E-state index in [1.165, 1.54) is 0 Å². The predicted octanol–water partition coefficient (Wildman–Crippen LogP) is 3.34. The normalized spacial score (nSPS) is 19.3. The number of ketones is 1. The van der Waals surface area contributed by atoms with Crippen LogP contribution in [0, 0.1) is 5.92 Å². The third-order valence-corrected chi connectivity index (χ3v) is 7.16. The van der Waals surface area contributed by atoms with Crippen LogP contribution in [0.4, 0.5) is 0 Å². The number of Topliss-reactive ketones (excluding diaryl/α,β-unsaturated/α-hetero) is 1. The number of carbonyl (C=O) groups is 3. The summed E-state index contributed by atoms with van der Waals surface area (Å²) in [6, 6.07) is 13.3. The van der Waals surface area contributed by atoms with Crippen molar-refractivity contribution in [3.8, 4) is 11.1 Å². The molecule has 0 atom stereocenters. The Balaban J connectivity index is 1.25. The molecule has 0 radical (unpaired) electrons. The predicted molar refractivity (Wildman–Crippen MR) is 125 cm³/mol. The van der Waals surface area contributed by atoms with Gasteiger partial charge < -0.3 is 14.9 Å². The molecular formula is C26H27ClN2O4. The molecule has 0 unspecified atom stereocenters. The highest BCUT2D eigenvalue weighted by molar-refractivity contribution is 6.34. The summed E-state index contributed by atoms with van der Waals surface area (Å²) in [6.45, 7) is 1.65. The molecule has 2 aromatic carbocycles. The van der Waals surface area contributed by atoms with Gasteiger partial charge in [-0.2, -0.15) is 0 Å². The molecule has 1 heterocycles. The van der Waals surface area contributed by atoms with Gasteiger partial charge in [0.15, 0.2) is 0 Å². The number of nitrogens with zero attached hydrogens (tertiary/aromatic N) is 2. The summed E-state index contributed by atoms with van der Waals surface area (Å²) in [4.78, 5) is 40.9. The summed E-state index contributed by atoms with van der Waals surface area (Å²) in [5, 5.41) is 10.4. The van der Waals surface area contributed by atoms with Crippen molar-refractivity contribution in [3.63, 3.8) is 0 Å². The van der Waals surface area contributed by atoms with Crippen LogP contribution in [0.3, 0.4) is 0 Å². The van der Waals surface area contributed by atoms with E-state index in [0.717, 1.165) is 29.5 Å². The molecule has 2 saturated carbocycles. The largest absolute Gasteiger partial charge is 0.380 e. The average molecular weight is 467 g/mol. The first-order valence-corrected chi connectivity index (χ1v) is 11.9. The van der Waals surface area contributed by atoms with E-state index in [-0.39, 0.29) is 17.7 Å². The zero-order chi connectivity index (χ0) is 23.2. The molecule has 0 bridgehead atoms. The van der Waals surface area contributed by atoms with Crippen molar-refractivity contribution in [1.82, 2.24) is 9.80 Å². The monoisotopic (exact) mass is 466 g/mol. The average Bonchev–Trinajstić information content (AvgIpc) is 3.75. The summed E-state index contributed by atoms with van der Waals surface area (Å²) in [5.74, 6) is 0.164. The molecule has 1 N–H and O–H groups in total. The molecule has 7 heteroatoms. The molecule has 0 spiro atoms. The van der Waals surface area contributed by atoms with Gasteiger partial charge in [0.05, 0.1) is 10.6 Å². The van der Waals surface area contributed by atoms with Crippen molar-refractivity contribution >= 4 is 29.2 Å². The van der Waals surface area contributed by atoms with Crippen LogP contribution in [0.25, 0.3) is 11.1 Å². The zero-order valence-corrected chi connectivity index (χ0v) is 19.2. The van der Waals surface area contributed by atoms with E-state index in [1.807, 2.05) is 30.3 Å². The van der Waals surface area contributed by atoms with Gasteiger partial charge in [-0.1, -0.05) is 41.9 Å². The lowest BCUT2D eigenvalue weighted by molar-refractivity contribution is -0.143. The quantitative estimate of drug-likeness (QED) is 0.708. The first-order chi connectivity index (χ1) is 15.8. The summed E-state index contributed by atoms with van der Waals surface area (Å²) in [6.07, 6.45) is 3.52. The molecule has 1 aliphatic heterocycles. The maximum atomic E-state index is 13.1.